The summed E-state index contributed by atoms with van der Waals surface area (Å²) >= 11 is 0. The van der Waals surface area contributed by atoms with Gasteiger partial charge in [-0.05, 0) is 30.4 Å². The molecular formula is C17H24N4O2. The number of guanidine groups is 1. The van der Waals surface area contributed by atoms with Crippen LogP contribution in [0.2, 0.25) is 0 Å². The molecule has 0 fully saturated rings. The van der Waals surface area contributed by atoms with E-state index in [2.05, 4.69) is 9.98 Å². The van der Waals surface area contributed by atoms with Gasteiger partial charge < -0.3 is 16.6 Å². The fourth-order valence-corrected chi connectivity index (χ4v) is 1.93. The highest BCUT2D eigenvalue weighted by molar-refractivity contribution is 5.87. The number of aliphatic carboxylic acids is 1. The van der Waals surface area contributed by atoms with E-state index in [1.54, 1.807) is 6.21 Å². The maximum absolute atomic E-state index is 11.3. The van der Waals surface area contributed by atoms with E-state index in [0.29, 0.717) is 19.4 Å². The molecule has 1 rings (SSSR count). The number of carbonyl (C=O) groups is 1. The van der Waals surface area contributed by atoms with E-state index in [9.17, 15) is 9.90 Å². The molecule has 0 heterocycles. The number of hydrogen-bond acceptors (Lipinski definition) is 3. The van der Waals surface area contributed by atoms with Crippen LogP contribution in [0.1, 0.15) is 31.7 Å². The van der Waals surface area contributed by atoms with E-state index in [1.807, 2.05) is 43.3 Å². The van der Waals surface area contributed by atoms with E-state index in [-0.39, 0.29) is 5.96 Å². The summed E-state index contributed by atoms with van der Waals surface area (Å²) in [5.41, 5.74) is 12.5. The third kappa shape index (κ3) is 7.80. The quantitative estimate of drug-likeness (QED) is 0.367. The van der Waals surface area contributed by atoms with Gasteiger partial charge in [0.05, 0.1) is 0 Å². The Morgan fingerprint density at radius 1 is 1.30 bits per heavy atom. The molecule has 1 aromatic carbocycles. The molecule has 0 aromatic heterocycles. The highest BCUT2D eigenvalue weighted by Crippen LogP contribution is 2.09. The van der Waals surface area contributed by atoms with Gasteiger partial charge in [0.1, 0.15) is 6.04 Å². The summed E-state index contributed by atoms with van der Waals surface area (Å²) in [4.78, 5) is 19.3. The predicted molar refractivity (Wildman–Crippen MR) is 94.5 cm³/mol. The van der Waals surface area contributed by atoms with Gasteiger partial charge in [-0.15, -0.1) is 0 Å². The van der Waals surface area contributed by atoms with Crippen LogP contribution >= 0.6 is 0 Å². The zero-order valence-electron chi connectivity index (χ0n) is 13.4. The van der Waals surface area contributed by atoms with E-state index < -0.39 is 12.0 Å². The van der Waals surface area contributed by atoms with Crippen LogP contribution in [0.25, 0.3) is 6.08 Å². The van der Waals surface area contributed by atoms with E-state index in [0.717, 1.165) is 17.6 Å². The SMILES string of the molecule is CC/C(C=N[C@@H](CCCN=C(N)N)C(=O)O)=C\c1ccccc1. The second-order valence-electron chi connectivity index (χ2n) is 5.06. The summed E-state index contributed by atoms with van der Waals surface area (Å²) in [6.45, 7) is 2.41. The van der Waals surface area contributed by atoms with Gasteiger partial charge in [-0.1, -0.05) is 43.3 Å². The Balaban J connectivity index is 2.69. The number of carboxylic acids is 1. The van der Waals surface area contributed by atoms with Crippen molar-refractivity contribution in [3.8, 4) is 0 Å². The van der Waals surface area contributed by atoms with Gasteiger partial charge >= 0.3 is 5.97 Å². The van der Waals surface area contributed by atoms with Crippen molar-refractivity contribution >= 4 is 24.2 Å². The molecule has 0 saturated heterocycles. The molecule has 0 aliphatic carbocycles. The van der Waals surface area contributed by atoms with E-state index in [4.69, 9.17) is 11.5 Å². The van der Waals surface area contributed by atoms with E-state index in [1.165, 1.54) is 0 Å². The van der Waals surface area contributed by atoms with Crippen LogP contribution in [0, 0.1) is 0 Å². The molecule has 124 valence electrons. The van der Waals surface area contributed by atoms with Crippen LogP contribution in [0.4, 0.5) is 0 Å². The van der Waals surface area contributed by atoms with Gasteiger partial charge in [0.25, 0.3) is 0 Å². The van der Waals surface area contributed by atoms with Gasteiger partial charge in [-0.25, -0.2) is 4.79 Å². The van der Waals surface area contributed by atoms with Gasteiger partial charge in [-0.3, -0.25) is 9.98 Å². The summed E-state index contributed by atoms with van der Waals surface area (Å²) in [5, 5.41) is 9.24. The standard InChI is InChI=1S/C17H24N4O2/c1-2-13(11-14-7-4-3-5-8-14)12-21-15(16(22)23)9-6-10-20-17(18)19/h3-5,7-8,11-12,15H,2,6,9-10H2,1H3,(H,22,23)(H4,18,19,20)/b13-11+,21-12?/t15-/m0/s1. The largest absolute Gasteiger partial charge is 0.480 e. The molecule has 0 unspecified atom stereocenters. The third-order valence-corrected chi connectivity index (χ3v) is 3.20. The Morgan fingerprint density at radius 3 is 2.57 bits per heavy atom. The summed E-state index contributed by atoms with van der Waals surface area (Å²) < 4.78 is 0. The minimum atomic E-state index is -0.943. The van der Waals surface area contributed by atoms with Crippen molar-refractivity contribution in [1.82, 2.24) is 0 Å². The fourth-order valence-electron chi connectivity index (χ4n) is 1.93. The minimum Gasteiger partial charge on any atom is -0.480 e. The molecule has 0 saturated carbocycles. The molecule has 5 N–H and O–H groups in total. The van der Waals surface area contributed by atoms with Gasteiger partial charge in [-0.2, -0.15) is 0 Å². The van der Waals surface area contributed by atoms with Gasteiger partial charge in [0, 0.05) is 12.8 Å². The summed E-state index contributed by atoms with van der Waals surface area (Å²) in [7, 11) is 0. The number of aliphatic imine (C=N–C) groups is 2. The number of nitrogens with zero attached hydrogens (tertiary/aromatic N) is 2. The van der Waals surface area contributed by atoms with Crippen LogP contribution < -0.4 is 11.5 Å². The monoisotopic (exact) mass is 316 g/mol. The van der Waals surface area contributed by atoms with Crippen LogP contribution in [0.3, 0.4) is 0 Å². The van der Waals surface area contributed by atoms with Crippen molar-refractivity contribution in [3.63, 3.8) is 0 Å². The summed E-state index contributed by atoms with van der Waals surface area (Å²) in [5.74, 6) is -0.930. The molecule has 1 aromatic rings. The second kappa shape index (κ2) is 10.2. The van der Waals surface area contributed by atoms with Crippen molar-refractivity contribution in [2.45, 2.75) is 32.2 Å². The molecule has 0 aliphatic rings. The molecule has 6 heteroatoms. The Morgan fingerprint density at radius 2 is 2.00 bits per heavy atom. The second-order valence-corrected chi connectivity index (χ2v) is 5.06. The number of carboxylic acid groups (broad SMARTS) is 1. The van der Waals surface area contributed by atoms with Crippen molar-refractivity contribution in [2.24, 2.45) is 21.5 Å². The first-order chi connectivity index (χ1) is 11.0. The van der Waals surface area contributed by atoms with Crippen molar-refractivity contribution in [3.05, 3.63) is 41.5 Å². The van der Waals surface area contributed by atoms with Crippen LogP contribution in [-0.4, -0.2) is 35.8 Å². The molecule has 0 radical (unpaired) electrons. The molecule has 6 nitrogen and oxygen atoms in total. The van der Waals surface area contributed by atoms with Crippen LogP contribution in [0.15, 0.2) is 45.9 Å². The van der Waals surface area contributed by atoms with Crippen LogP contribution in [-0.2, 0) is 4.79 Å². The molecule has 1 atom stereocenters. The molecule has 0 spiro atoms. The Bertz CT molecular complexity index is 576. The number of hydrogen-bond donors (Lipinski definition) is 3. The lowest BCUT2D eigenvalue weighted by molar-refractivity contribution is -0.138. The zero-order valence-corrected chi connectivity index (χ0v) is 13.4. The number of nitrogens with two attached hydrogens (primary N) is 2. The van der Waals surface area contributed by atoms with Crippen molar-refractivity contribution in [1.29, 1.82) is 0 Å². The first-order valence-electron chi connectivity index (χ1n) is 7.60. The minimum absolute atomic E-state index is 0.0134. The lowest BCUT2D eigenvalue weighted by atomic mass is 10.1. The average molecular weight is 316 g/mol. The maximum atomic E-state index is 11.3. The van der Waals surface area contributed by atoms with E-state index >= 15 is 0 Å². The summed E-state index contributed by atoms with van der Waals surface area (Å²) in [6.07, 6.45) is 5.38. The number of allylic oxidation sites excluding steroid dienone is 1. The van der Waals surface area contributed by atoms with Gasteiger partial charge in [0.2, 0.25) is 0 Å². The Kier molecular flexibility index (Phi) is 8.13. The average Bonchev–Trinajstić information content (AvgIpc) is 2.53. The van der Waals surface area contributed by atoms with Crippen molar-refractivity contribution < 1.29 is 9.90 Å². The molecule has 23 heavy (non-hydrogen) atoms. The first kappa shape index (κ1) is 18.4. The maximum Gasteiger partial charge on any atom is 0.328 e. The molecule has 0 bridgehead atoms. The van der Waals surface area contributed by atoms with Crippen LogP contribution in [0.5, 0.6) is 0 Å². The highest BCUT2D eigenvalue weighted by atomic mass is 16.4. The topological polar surface area (TPSA) is 114 Å². The highest BCUT2D eigenvalue weighted by Gasteiger charge is 2.14. The predicted octanol–water partition coefficient (Wildman–Crippen LogP) is 2.06. The number of benzene rings is 1. The molecule has 0 amide bonds. The Hall–Kier alpha value is -2.63. The first-order valence-corrected chi connectivity index (χ1v) is 7.60. The zero-order chi connectivity index (χ0) is 17.1. The third-order valence-electron chi connectivity index (χ3n) is 3.20. The lowest BCUT2D eigenvalue weighted by Gasteiger charge is -2.07. The fraction of sp³-hybridized carbons (Fsp3) is 0.353. The normalized spacial score (nSPS) is 13.0. The Labute approximate surface area is 136 Å². The van der Waals surface area contributed by atoms with Crippen molar-refractivity contribution in [2.75, 3.05) is 6.54 Å². The molecule has 0 aliphatic heterocycles. The number of rotatable bonds is 9. The lowest BCUT2D eigenvalue weighted by Crippen LogP contribution is -2.23. The summed E-state index contributed by atoms with van der Waals surface area (Å²) in [6, 6.07) is 9.07. The smallest absolute Gasteiger partial charge is 0.328 e. The van der Waals surface area contributed by atoms with Gasteiger partial charge in [0.15, 0.2) is 5.96 Å². The molecular weight excluding hydrogens is 292 g/mol.